The summed E-state index contributed by atoms with van der Waals surface area (Å²) in [4.78, 5) is 54.1. The van der Waals surface area contributed by atoms with Crippen LogP contribution in [0.15, 0.2) is 78.9 Å². The maximum atomic E-state index is 12.8. The first-order chi connectivity index (χ1) is 19.9. The lowest BCUT2D eigenvalue weighted by atomic mass is 9.96. The highest BCUT2D eigenvalue weighted by Crippen LogP contribution is 2.32. The van der Waals surface area contributed by atoms with Crippen LogP contribution in [0.5, 0.6) is 0 Å². The number of nitrogens with one attached hydrogen (secondary N) is 2. The first-order valence-electron chi connectivity index (χ1n) is 14.2. The second-order valence-electron chi connectivity index (χ2n) is 11.0. The Morgan fingerprint density at radius 3 is 2.12 bits per heavy atom. The minimum absolute atomic E-state index is 0.0722. The van der Waals surface area contributed by atoms with Crippen molar-refractivity contribution < 1.29 is 19.2 Å². The van der Waals surface area contributed by atoms with Crippen LogP contribution in [0.3, 0.4) is 0 Å². The van der Waals surface area contributed by atoms with Crippen molar-refractivity contribution in [3.63, 3.8) is 0 Å². The minimum atomic E-state index is -0.206. The summed E-state index contributed by atoms with van der Waals surface area (Å²) < 4.78 is 0. The number of rotatable bonds is 9. The Labute approximate surface area is 240 Å². The van der Waals surface area contributed by atoms with Gasteiger partial charge in [0.1, 0.15) is 0 Å². The Balaban J connectivity index is 1.08. The number of hydrogen-bond donors (Lipinski definition) is 2. The van der Waals surface area contributed by atoms with Crippen LogP contribution in [0.1, 0.15) is 47.2 Å². The van der Waals surface area contributed by atoms with Gasteiger partial charge in [0, 0.05) is 49.5 Å². The van der Waals surface area contributed by atoms with Crippen LogP contribution < -0.4 is 10.6 Å². The van der Waals surface area contributed by atoms with Crippen molar-refractivity contribution >= 4 is 35.0 Å². The average Bonchev–Trinajstić information content (AvgIpc) is 3.84. The number of nitrogens with zero attached hydrogens (tertiary/aromatic N) is 2. The van der Waals surface area contributed by atoms with Crippen molar-refractivity contribution in [2.45, 2.75) is 38.6 Å². The van der Waals surface area contributed by atoms with Crippen molar-refractivity contribution in [1.29, 1.82) is 0 Å². The van der Waals surface area contributed by atoms with Crippen molar-refractivity contribution in [2.24, 2.45) is 11.8 Å². The third kappa shape index (κ3) is 7.60. The van der Waals surface area contributed by atoms with Gasteiger partial charge >= 0.3 is 0 Å². The highest BCUT2D eigenvalue weighted by atomic mass is 16.2. The Morgan fingerprint density at radius 1 is 0.780 bits per heavy atom. The summed E-state index contributed by atoms with van der Waals surface area (Å²) in [6.07, 6.45) is 3.73. The van der Waals surface area contributed by atoms with Crippen LogP contribution in [0.4, 0.5) is 11.4 Å². The summed E-state index contributed by atoms with van der Waals surface area (Å²) in [7, 11) is 1.77. The number of benzene rings is 3. The predicted octanol–water partition coefficient (Wildman–Crippen LogP) is 4.73. The van der Waals surface area contributed by atoms with E-state index in [0.717, 1.165) is 43.4 Å². The first-order valence-corrected chi connectivity index (χ1v) is 14.2. The van der Waals surface area contributed by atoms with Crippen LogP contribution in [-0.2, 0) is 27.3 Å². The molecule has 41 heavy (non-hydrogen) atoms. The third-order valence-electron chi connectivity index (χ3n) is 7.64. The number of anilines is 2. The molecule has 2 aliphatic rings. The van der Waals surface area contributed by atoms with E-state index in [1.165, 1.54) is 0 Å². The molecule has 1 aliphatic heterocycles. The molecule has 1 unspecified atom stereocenters. The molecule has 2 N–H and O–H groups in total. The summed E-state index contributed by atoms with van der Waals surface area (Å²) in [5.74, 6) is -0.181. The molecule has 1 saturated carbocycles. The van der Waals surface area contributed by atoms with Crippen LogP contribution in [0.2, 0.25) is 0 Å². The Morgan fingerprint density at radius 2 is 1.44 bits per heavy atom. The van der Waals surface area contributed by atoms with Gasteiger partial charge in [-0.1, -0.05) is 42.5 Å². The van der Waals surface area contributed by atoms with Crippen LogP contribution in [-0.4, -0.2) is 53.6 Å². The summed E-state index contributed by atoms with van der Waals surface area (Å²) >= 11 is 0. The number of likely N-dealkylation sites (tertiary alicyclic amines) is 1. The van der Waals surface area contributed by atoms with Gasteiger partial charge in [-0.05, 0) is 73.2 Å². The molecule has 1 atom stereocenters. The summed E-state index contributed by atoms with van der Waals surface area (Å²) in [5.41, 5.74) is 3.70. The number of carbonyl (C=O) groups excluding carboxylic acids is 4. The van der Waals surface area contributed by atoms with Gasteiger partial charge in [-0.2, -0.15) is 0 Å². The molecular formula is C33H36N4O4. The van der Waals surface area contributed by atoms with Gasteiger partial charge in [0.2, 0.25) is 17.7 Å². The molecular weight excluding hydrogens is 516 g/mol. The van der Waals surface area contributed by atoms with Crippen molar-refractivity contribution in [1.82, 2.24) is 9.80 Å². The van der Waals surface area contributed by atoms with E-state index >= 15 is 0 Å². The van der Waals surface area contributed by atoms with Gasteiger partial charge in [0.05, 0.1) is 12.3 Å². The maximum absolute atomic E-state index is 12.8. The van der Waals surface area contributed by atoms with E-state index in [0.29, 0.717) is 30.0 Å². The van der Waals surface area contributed by atoms with E-state index in [2.05, 4.69) is 10.6 Å². The molecule has 5 rings (SSSR count). The van der Waals surface area contributed by atoms with Crippen molar-refractivity contribution in [3.05, 3.63) is 95.6 Å². The highest BCUT2D eigenvalue weighted by molar-refractivity contribution is 5.96. The smallest absolute Gasteiger partial charge is 0.253 e. The Bertz CT molecular complexity index is 1380. The molecule has 8 heteroatoms. The Hall–Kier alpha value is -4.46. The second-order valence-corrected chi connectivity index (χ2v) is 11.0. The molecule has 0 aromatic heterocycles. The van der Waals surface area contributed by atoms with Gasteiger partial charge in [-0.25, -0.2) is 0 Å². The van der Waals surface area contributed by atoms with Gasteiger partial charge in [-0.3, -0.25) is 19.2 Å². The number of hydrogen-bond acceptors (Lipinski definition) is 4. The van der Waals surface area contributed by atoms with Gasteiger partial charge in [0.25, 0.3) is 5.91 Å². The van der Waals surface area contributed by atoms with E-state index in [1.807, 2.05) is 47.4 Å². The topological polar surface area (TPSA) is 98.8 Å². The Kier molecular flexibility index (Phi) is 8.77. The zero-order chi connectivity index (χ0) is 28.8. The monoisotopic (exact) mass is 552 g/mol. The molecule has 212 valence electrons. The normalized spacial score (nSPS) is 16.5. The molecule has 0 radical (unpaired) electrons. The molecule has 4 amide bonds. The minimum Gasteiger partial charge on any atom is -0.342 e. The average molecular weight is 553 g/mol. The second kappa shape index (κ2) is 12.8. The maximum Gasteiger partial charge on any atom is 0.253 e. The van der Waals surface area contributed by atoms with Gasteiger partial charge < -0.3 is 20.4 Å². The number of carbonyl (C=O) groups is 4. The standard InChI is InChI=1S/C33H36N4O4/c1-36(21-24-6-3-2-4-7-24)32(40)25-13-17-28(18-14-25)34-30(38)20-23-9-15-29(16-10-23)35-31(39)27-8-5-19-37(22-27)33(41)26-11-12-26/h2-4,6-7,9-10,13-18,26-27H,5,8,11-12,19-22H2,1H3,(H,34,38)(H,35,39). The SMILES string of the molecule is CN(Cc1ccccc1)C(=O)c1ccc(NC(=O)Cc2ccc(NC(=O)C3CCCN(C(=O)C4CC4)C3)cc2)cc1. The molecule has 1 saturated heterocycles. The van der Waals surface area contributed by atoms with Crippen molar-refractivity contribution in [3.8, 4) is 0 Å². The summed E-state index contributed by atoms with van der Waals surface area (Å²) in [5, 5.41) is 5.84. The highest BCUT2D eigenvalue weighted by Gasteiger charge is 2.36. The van der Waals surface area contributed by atoms with Gasteiger partial charge in [0.15, 0.2) is 0 Å². The van der Waals surface area contributed by atoms with E-state index in [4.69, 9.17) is 0 Å². The lowest BCUT2D eigenvalue weighted by molar-refractivity contribution is -0.135. The van der Waals surface area contributed by atoms with E-state index in [9.17, 15) is 19.2 Å². The van der Waals surface area contributed by atoms with Crippen molar-refractivity contribution in [2.75, 3.05) is 30.8 Å². The van der Waals surface area contributed by atoms with E-state index < -0.39 is 0 Å². The summed E-state index contributed by atoms with van der Waals surface area (Å²) in [6.45, 7) is 1.74. The van der Waals surface area contributed by atoms with Crippen LogP contribution in [0.25, 0.3) is 0 Å². The lowest BCUT2D eigenvalue weighted by Gasteiger charge is -2.32. The van der Waals surface area contributed by atoms with Crippen LogP contribution >= 0.6 is 0 Å². The van der Waals surface area contributed by atoms with E-state index in [1.54, 1.807) is 48.3 Å². The molecule has 8 nitrogen and oxygen atoms in total. The largest absolute Gasteiger partial charge is 0.342 e. The zero-order valence-corrected chi connectivity index (χ0v) is 23.3. The van der Waals surface area contributed by atoms with Gasteiger partial charge in [-0.15, -0.1) is 0 Å². The summed E-state index contributed by atoms with van der Waals surface area (Å²) in [6, 6.07) is 23.9. The zero-order valence-electron chi connectivity index (χ0n) is 23.3. The first kappa shape index (κ1) is 28.1. The molecule has 3 aromatic rings. The third-order valence-corrected chi connectivity index (χ3v) is 7.64. The fraction of sp³-hybridized carbons (Fsp3) is 0.333. The van der Waals surface area contributed by atoms with E-state index in [-0.39, 0.29) is 41.9 Å². The fourth-order valence-corrected chi connectivity index (χ4v) is 5.17. The quantitative estimate of drug-likeness (QED) is 0.401. The number of amides is 4. The molecule has 2 fully saturated rings. The fourth-order valence-electron chi connectivity index (χ4n) is 5.17. The number of piperidine rings is 1. The molecule has 1 heterocycles. The lowest BCUT2D eigenvalue weighted by Crippen LogP contribution is -2.44. The predicted molar refractivity (Wildman–Crippen MR) is 158 cm³/mol. The molecule has 0 bridgehead atoms. The van der Waals surface area contributed by atoms with Crippen LogP contribution in [0, 0.1) is 11.8 Å². The molecule has 0 spiro atoms. The molecule has 1 aliphatic carbocycles. The molecule has 3 aromatic carbocycles.